The van der Waals surface area contributed by atoms with Gasteiger partial charge in [-0.1, -0.05) is 25.5 Å². The van der Waals surface area contributed by atoms with Gasteiger partial charge in [0.25, 0.3) is 0 Å². The van der Waals surface area contributed by atoms with Gasteiger partial charge in [0.2, 0.25) is 0 Å². The number of nitrogens with one attached hydrogen (secondary N) is 2. The molecule has 0 saturated carbocycles. The van der Waals surface area contributed by atoms with Gasteiger partial charge < -0.3 is 15.7 Å². The lowest BCUT2D eigenvalue weighted by atomic mass is 10.1. The van der Waals surface area contributed by atoms with Crippen LogP contribution in [0.2, 0.25) is 0 Å². The van der Waals surface area contributed by atoms with Crippen molar-refractivity contribution in [2.24, 2.45) is 0 Å². The molecule has 0 bridgehead atoms. The predicted octanol–water partition coefficient (Wildman–Crippen LogP) is 2.23. The van der Waals surface area contributed by atoms with Crippen LogP contribution >= 0.6 is 0 Å². The molecule has 0 aliphatic heterocycles. The monoisotopic (exact) mass is 250 g/mol. The fourth-order valence-corrected chi connectivity index (χ4v) is 1.47. The Kier molecular flexibility index (Phi) is 5.17. The first-order valence-electron chi connectivity index (χ1n) is 5.92. The van der Waals surface area contributed by atoms with Crippen molar-refractivity contribution in [3.05, 3.63) is 29.8 Å². The highest BCUT2D eigenvalue weighted by atomic mass is 16.4. The number of hydrogen-bond acceptors (Lipinski definition) is 2. The molecule has 0 heterocycles. The third kappa shape index (κ3) is 4.45. The standard InChI is InChI=1S/C13H18N2O3/c1-3-4-10-5-7-11(8-6-10)15-13(18)14-9(2)12(16)17/h5-9H,3-4H2,1-2H3,(H,16,17)(H2,14,15,18)/t9-/m1/s1. The van der Waals surface area contributed by atoms with Crippen LogP contribution in [0, 0.1) is 0 Å². The van der Waals surface area contributed by atoms with Gasteiger partial charge in [-0.25, -0.2) is 4.79 Å². The molecule has 0 radical (unpaired) electrons. The average molecular weight is 250 g/mol. The Morgan fingerprint density at radius 3 is 2.39 bits per heavy atom. The summed E-state index contributed by atoms with van der Waals surface area (Å²) in [6.07, 6.45) is 2.08. The molecule has 0 saturated heterocycles. The maximum atomic E-state index is 11.5. The lowest BCUT2D eigenvalue weighted by Gasteiger charge is -2.11. The smallest absolute Gasteiger partial charge is 0.325 e. The van der Waals surface area contributed by atoms with Crippen LogP contribution in [0.5, 0.6) is 0 Å². The molecule has 1 rings (SSSR count). The summed E-state index contributed by atoms with van der Waals surface area (Å²) in [6, 6.07) is 6.06. The quantitative estimate of drug-likeness (QED) is 0.749. The molecule has 0 fully saturated rings. The van der Waals surface area contributed by atoms with Crippen LogP contribution in [0.25, 0.3) is 0 Å². The number of carbonyl (C=O) groups is 2. The van der Waals surface area contributed by atoms with Gasteiger partial charge in [0.15, 0.2) is 0 Å². The van der Waals surface area contributed by atoms with Crippen molar-refractivity contribution < 1.29 is 14.7 Å². The first kappa shape index (κ1) is 14.0. The minimum absolute atomic E-state index is 0.520. The molecule has 1 aromatic rings. The fourth-order valence-electron chi connectivity index (χ4n) is 1.47. The Morgan fingerprint density at radius 1 is 1.28 bits per heavy atom. The van der Waals surface area contributed by atoms with E-state index in [-0.39, 0.29) is 0 Å². The summed E-state index contributed by atoms with van der Waals surface area (Å²) in [4.78, 5) is 22.0. The number of anilines is 1. The molecule has 2 amide bonds. The molecule has 5 nitrogen and oxygen atoms in total. The van der Waals surface area contributed by atoms with Crippen LogP contribution in [0.15, 0.2) is 24.3 Å². The summed E-state index contributed by atoms with van der Waals surface area (Å²) in [5.74, 6) is -1.07. The van der Waals surface area contributed by atoms with Crippen molar-refractivity contribution in [3.8, 4) is 0 Å². The Balaban J connectivity index is 2.51. The summed E-state index contributed by atoms with van der Waals surface area (Å²) >= 11 is 0. The number of aliphatic carboxylic acids is 1. The molecule has 0 unspecified atom stereocenters. The van der Waals surface area contributed by atoms with E-state index < -0.39 is 18.0 Å². The topological polar surface area (TPSA) is 78.4 Å². The van der Waals surface area contributed by atoms with E-state index in [4.69, 9.17) is 5.11 Å². The van der Waals surface area contributed by atoms with Crippen molar-refractivity contribution in [3.63, 3.8) is 0 Å². The van der Waals surface area contributed by atoms with Crippen molar-refractivity contribution in [2.75, 3.05) is 5.32 Å². The largest absolute Gasteiger partial charge is 0.480 e. The summed E-state index contributed by atoms with van der Waals surface area (Å²) in [7, 11) is 0. The average Bonchev–Trinajstić information content (AvgIpc) is 2.31. The van der Waals surface area contributed by atoms with E-state index in [9.17, 15) is 9.59 Å². The number of urea groups is 1. The van der Waals surface area contributed by atoms with E-state index in [1.54, 1.807) is 12.1 Å². The van der Waals surface area contributed by atoms with Crippen molar-refractivity contribution in [1.82, 2.24) is 5.32 Å². The summed E-state index contributed by atoms with van der Waals surface area (Å²) < 4.78 is 0. The minimum Gasteiger partial charge on any atom is -0.480 e. The van der Waals surface area contributed by atoms with Crippen LogP contribution in [-0.2, 0) is 11.2 Å². The molecule has 1 aromatic carbocycles. The molecule has 18 heavy (non-hydrogen) atoms. The number of carboxylic acid groups (broad SMARTS) is 1. The van der Waals surface area contributed by atoms with Gasteiger partial charge in [0, 0.05) is 5.69 Å². The van der Waals surface area contributed by atoms with Crippen LogP contribution in [0.1, 0.15) is 25.8 Å². The Bertz CT molecular complexity index is 415. The van der Waals surface area contributed by atoms with Crippen LogP contribution in [-0.4, -0.2) is 23.1 Å². The highest BCUT2D eigenvalue weighted by molar-refractivity contribution is 5.92. The number of hydrogen-bond donors (Lipinski definition) is 3. The van der Waals surface area contributed by atoms with Crippen molar-refractivity contribution in [2.45, 2.75) is 32.7 Å². The molecule has 3 N–H and O–H groups in total. The van der Waals surface area contributed by atoms with Crippen molar-refractivity contribution >= 4 is 17.7 Å². The SMILES string of the molecule is CCCc1ccc(NC(=O)N[C@H](C)C(=O)O)cc1. The van der Waals surface area contributed by atoms with Crippen LogP contribution in [0.4, 0.5) is 10.5 Å². The Labute approximate surface area is 106 Å². The van der Waals surface area contributed by atoms with Gasteiger partial charge in [-0.2, -0.15) is 0 Å². The lowest BCUT2D eigenvalue weighted by Crippen LogP contribution is -2.40. The molecule has 5 heteroatoms. The van der Waals surface area contributed by atoms with Crippen LogP contribution in [0.3, 0.4) is 0 Å². The van der Waals surface area contributed by atoms with Gasteiger partial charge >= 0.3 is 12.0 Å². The first-order valence-corrected chi connectivity index (χ1v) is 5.92. The zero-order chi connectivity index (χ0) is 13.5. The first-order chi connectivity index (χ1) is 8.52. The maximum Gasteiger partial charge on any atom is 0.325 e. The van der Waals surface area contributed by atoms with Gasteiger partial charge in [0.1, 0.15) is 6.04 Å². The summed E-state index contributed by atoms with van der Waals surface area (Å²) in [5, 5.41) is 13.6. The zero-order valence-corrected chi connectivity index (χ0v) is 10.6. The number of rotatable bonds is 5. The number of carboxylic acids is 1. The molecule has 0 aliphatic rings. The Hall–Kier alpha value is -2.04. The lowest BCUT2D eigenvalue weighted by molar-refractivity contribution is -0.138. The normalized spacial score (nSPS) is 11.7. The van der Waals surface area contributed by atoms with Crippen molar-refractivity contribution in [1.29, 1.82) is 0 Å². The number of amides is 2. The number of carbonyl (C=O) groups excluding carboxylic acids is 1. The summed E-state index contributed by atoms with van der Waals surface area (Å²) in [5.41, 5.74) is 1.85. The number of aryl methyl sites for hydroxylation is 1. The van der Waals surface area contributed by atoms with E-state index in [0.29, 0.717) is 5.69 Å². The zero-order valence-electron chi connectivity index (χ0n) is 10.6. The third-order valence-electron chi connectivity index (χ3n) is 2.47. The molecular weight excluding hydrogens is 232 g/mol. The second-order valence-electron chi connectivity index (χ2n) is 4.11. The molecular formula is C13H18N2O3. The van der Waals surface area contributed by atoms with Gasteiger partial charge in [-0.15, -0.1) is 0 Å². The second kappa shape index (κ2) is 6.64. The summed E-state index contributed by atoms with van der Waals surface area (Å²) in [6.45, 7) is 3.51. The number of benzene rings is 1. The van der Waals surface area contributed by atoms with Gasteiger partial charge in [-0.05, 0) is 31.0 Å². The second-order valence-corrected chi connectivity index (χ2v) is 4.11. The fraction of sp³-hybridized carbons (Fsp3) is 0.385. The van der Waals surface area contributed by atoms with E-state index >= 15 is 0 Å². The molecule has 0 aliphatic carbocycles. The van der Waals surface area contributed by atoms with E-state index in [0.717, 1.165) is 12.8 Å². The van der Waals surface area contributed by atoms with Gasteiger partial charge in [0.05, 0.1) is 0 Å². The maximum absolute atomic E-state index is 11.5. The third-order valence-corrected chi connectivity index (χ3v) is 2.47. The van der Waals surface area contributed by atoms with Gasteiger partial charge in [-0.3, -0.25) is 4.79 Å². The molecule has 1 atom stereocenters. The van der Waals surface area contributed by atoms with E-state index in [2.05, 4.69) is 17.6 Å². The minimum atomic E-state index is -1.07. The van der Waals surface area contributed by atoms with Crippen LogP contribution < -0.4 is 10.6 Å². The predicted molar refractivity (Wildman–Crippen MR) is 69.7 cm³/mol. The highest BCUT2D eigenvalue weighted by Crippen LogP contribution is 2.10. The molecule has 98 valence electrons. The van der Waals surface area contributed by atoms with E-state index in [1.807, 2.05) is 12.1 Å². The highest BCUT2D eigenvalue weighted by Gasteiger charge is 2.13. The molecule has 0 aromatic heterocycles. The Morgan fingerprint density at radius 2 is 1.89 bits per heavy atom. The van der Waals surface area contributed by atoms with E-state index in [1.165, 1.54) is 12.5 Å². The molecule has 0 spiro atoms.